The fraction of sp³-hybridized carbons (Fsp3) is 0.0476. The Bertz CT molecular complexity index is 765. The number of rotatable bonds is 5. The van der Waals surface area contributed by atoms with Gasteiger partial charge >= 0.3 is 0 Å². The Morgan fingerprint density at radius 2 is 1.13 bits per heavy atom. The fourth-order valence-corrected chi connectivity index (χ4v) is 3.70. The van der Waals surface area contributed by atoms with Crippen molar-refractivity contribution in [2.75, 3.05) is 5.75 Å². The Balaban J connectivity index is 1.94. The molecule has 0 heterocycles. The first-order valence-electron chi connectivity index (χ1n) is 7.52. The van der Waals surface area contributed by atoms with Gasteiger partial charge in [-0.25, -0.2) is 0 Å². The van der Waals surface area contributed by atoms with E-state index in [1.54, 1.807) is 11.8 Å². The highest BCUT2D eigenvalue weighted by atomic mass is 35.5. The van der Waals surface area contributed by atoms with E-state index in [1.807, 2.05) is 30.3 Å². The van der Waals surface area contributed by atoms with Crippen molar-refractivity contribution in [2.24, 2.45) is 0 Å². The molecule has 0 spiro atoms. The largest absolute Gasteiger partial charge is 0.121 e. The number of hydrogen-bond acceptors (Lipinski definition) is 1. The lowest BCUT2D eigenvalue weighted by molar-refractivity contribution is 1.46. The molecular formula is C21H17ClS. The van der Waals surface area contributed by atoms with Crippen LogP contribution in [-0.2, 0) is 0 Å². The third-order valence-electron chi connectivity index (χ3n) is 3.54. The molecule has 0 aliphatic carbocycles. The van der Waals surface area contributed by atoms with E-state index in [1.165, 1.54) is 10.5 Å². The molecule has 3 aromatic carbocycles. The third-order valence-corrected chi connectivity index (χ3v) is 5.03. The van der Waals surface area contributed by atoms with E-state index in [4.69, 9.17) is 11.6 Å². The Labute approximate surface area is 146 Å². The van der Waals surface area contributed by atoms with Crippen molar-refractivity contribution in [3.8, 4) is 0 Å². The molecule has 0 nitrogen and oxygen atoms in total. The van der Waals surface area contributed by atoms with Crippen LogP contribution in [0.15, 0.2) is 95.9 Å². The maximum absolute atomic E-state index is 6.74. The smallest absolute Gasteiger partial charge is 0.0524 e. The van der Waals surface area contributed by atoms with Crippen LogP contribution in [0.5, 0.6) is 0 Å². The summed E-state index contributed by atoms with van der Waals surface area (Å²) in [5, 5.41) is 0.820. The molecule has 114 valence electrons. The van der Waals surface area contributed by atoms with Gasteiger partial charge in [0.2, 0.25) is 0 Å². The predicted octanol–water partition coefficient (Wildman–Crippen LogP) is 6.59. The second-order valence-corrected chi connectivity index (χ2v) is 6.55. The van der Waals surface area contributed by atoms with Gasteiger partial charge in [-0.15, -0.1) is 11.8 Å². The molecule has 0 atom stereocenters. The molecule has 3 rings (SSSR count). The second kappa shape index (κ2) is 8.05. The molecule has 0 saturated carbocycles. The molecule has 0 aliphatic heterocycles. The van der Waals surface area contributed by atoms with Gasteiger partial charge in [0.05, 0.1) is 5.03 Å². The zero-order chi connectivity index (χ0) is 15.9. The summed E-state index contributed by atoms with van der Waals surface area (Å²) >= 11 is 8.54. The molecule has 0 aliphatic rings. The summed E-state index contributed by atoms with van der Waals surface area (Å²) in [7, 11) is 0. The number of thioether (sulfide) groups is 1. The van der Waals surface area contributed by atoms with E-state index < -0.39 is 0 Å². The van der Waals surface area contributed by atoms with Crippen molar-refractivity contribution in [1.29, 1.82) is 0 Å². The van der Waals surface area contributed by atoms with Crippen LogP contribution in [0.2, 0.25) is 0 Å². The molecule has 0 bridgehead atoms. The highest BCUT2D eigenvalue weighted by Gasteiger charge is 2.10. The van der Waals surface area contributed by atoms with Crippen LogP contribution in [0.4, 0.5) is 0 Å². The first-order chi connectivity index (χ1) is 11.3. The van der Waals surface area contributed by atoms with Crippen molar-refractivity contribution in [3.05, 3.63) is 102 Å². The Kier molecular flexibility index (Phi) is 5.57. The summed E-state index contributed by atoms with van der Waals surface area (Å²) in [6.07, 6.45) is 0. The van der Waals surface area contributed by atoms with Crippen LogP contribution in [0.1, 0.15) is 11.1 Å². The summed E-state index contributed by atoms with van der Waals surface area (Å²) in [5.41, 5.74) is 3.39. The van der Waals surface area contributed by atoms with Gasteiger partial charge in [-0.2, -0.15) is 0 Å². The minimum atomic E-state index is 0.820. The molecular weight excluding hydrogens is 320 g/mol. The summed E-state index contributed by atoms with van der Waals surface area (Å²) in [6.45, 7) is 0. The van der Waals surface area contributed by atoms with Gasteiger partial charge in [0.15, 0.2) is 0 Å². The van der Waals surface area contributed by atoms with Crippen LogP contribution in [0.3, 0.4) is 0 Å². The van der Waals surface area contributed by atoms with E-state index in [-0.39, 0.29) is 0 Å². The molecule has 0 radical (unpaired) electrons. The van der Waals surface area contributed by atoms with Crippen LogP contribution in [0, 0.1) is 0 Å². The average molecular weight is 337 g/mol. The van der Waals surface area contributed by atoms with Crippen LogP contribution in [-0.4, -0.2) is 5.75 Å². The average Bonchev–Trinajstić information content (AvgIpc) is 2.64. The molecule has 23 heavy (non-hydrogen) atoms. The molecule has 0 aromatic heterocycles. The second-order valence-electron chi connectivity index (χ2n) is 5.13. The first kappa shape index (κ1) is 15.9. The molecule has 0 fully saturated rings. The monoisotopic (exact) mass is 336 g/mol. The van der Waals surface area contributed by atoms with Gasteiger partial charge in [-0.3, -0.25) is 0 Å². The zero-order valence-electron chi connectivity index (χ0n) is 12.7. The maximum Gasteiger partial charge on any atom is 0.0524 e. The lowest BCUT2D eigenvalue weighted by Crippen LogP contribution is -1.92. The van der Waals surface area contributed by atoms with Crippen molar-refractivity contribution in [1.82, 2.24) is 0 Å². The Hall–Kier alpha value is -1.96. The van der Waals surface area contributed by atoms with Gasteiger partial charge in [-0.05, 0) is 28.8 Å². The standard InChI is InChI=1S/C21H17ClS/c22-21(18-12-6-2-7-13-18)20(17-10-4-1-5-11-17)16-23-19-14-8-3-9-15-19/h1-15H,16H2/b21-20+. The van der Waals surface area contributed by atoms with Crippen molar-refractivity contribution in [2.45, 2.75) is 4.90 Å². The molecule has 0 saturated heterocycles. The van der Waals surface area contributed by atoms with E-state index in [9.17, 15) is 0 Å². The van der Waals surface area contributed by atoms with Crippen molar-refractivity contribution >= 4 is 34.0 Å². The van der Waals surface area contributed by atoms with Crippen molar-refractivity contribution in [3.63, 3.8) is 0 Å². The van der Waals surface area contributed by atoms with E-state index in [2.05, 4.69) is 60.7 Å². The lowest BCUT2D eigenvalue weighted by Gasteiger charge is -2.12. The fourth-order valence-electron chi connectivity index (χ4n) is 2.34. The van der Waals surface area contributed by atoms with E-state index >= 15 is 0 Å². The lowest BCUT2D eigenvalue weighted by atomic mass is 10.0. The molecule has 0 unspecified atom stereocenters. The van der Waals surface area contributed by atoms with Crippen LogP contribution < -0.4 is 0 Å². The highest BCUT2D eigenvalue weighted by molar-refractivity contribution is 7.99. The summed E-state index contributed by atoms with van der Waals surface area (Å²) < 4.78 is 0. The van der Waals surface area contributed by atoms with Gasteiger partial charge in [0.1, 0.15) is 0 Å². The summed E-state index contributed by atoms with van der Waals surface area (Å²) in [4.78, 5) is 1.25. The van der Waals surface area contributed by atoms with Crippen LogP contribution >= 0.6 is 23.4 Å². The quantitative estimate of drug-likeness (QED) is 0.374. The van der Waals surface area contributed by atoms with Gasteiger partial charge in [-0.1, -0.05) is 90.5 Å². The molecule has 0 N–H and O–H groups in total. The normalized spacial score (nSPS) is 11.9. The third kappa shape index (κ3) is 4.28. The number of halogens is 1. The SMILES string of the molecule is Cl/C(=C(\CSc1ccccc1)c1ccccc1)c1ccccc1. The first-order valence-corrected chi connectivity index (χ1v) is 8.88. The number of benzene rings is 3. The van der Waals surface area contributed by atoms with Crippen molar-refractivity contribution < 1.29 is 0 Å². The summed E-state index contributed by atoms with van der Waals surface area (Å²) in [5.74, 6) is 0.835. The van der Waals surface area contributed by atoms with E-state index in [0.29, 0.717) is 0 Å². The van der Waals surface area contributed by atoms with Gasteiger partial charge < -0.3 is 0 Å². The van der Waals surface area contributed by atoms with Crippen LogP contribution in [0.25, 0.3) is 10.6 Å². The van der Waals surface area contributed by atoms with Gasteiger partial charge in [0.25, 0.3) is 0 Å². The Morgan fingerprint density at radius 3 is 1.70 bits per heavy atom. The Morgan fingerprint density at radius 1 is 0.652 bits per heavy atom. The minimum absolute atomic E-state index is 0.820. The molecule has 0 amide bonds. The highest BCUT2D eigenvalue weighted by Crippen LogP contribution is 2.34. The molecule has 3 aromatic rings. The predicted molar refractivity (Wildman–Crippen MR) is 103 cm³/mol. The summed E-state index contributed by atoms with van der Waals surface area (Å²) in [6, 6.07) is 30.9. The number of hydrogen-bond donors (Lipinski definition) is 0. The van der Waals surface area contributed by atoms with E-state index in [0.717, 1.165) is 21.9 Å². The van der Waals surface area contributed by atoms with Gasteiger partial charge in [0, 0.05) is 10.6 Å². The molecule has 2 heteroatoms. The zero-order valence-corrected chi connectivity index (χ0v) is 14.2. The maximum atomic E-state index is 6.74. The topological polar surface area (TPSA) is 0 Å². The minimum Gasteiger partial charge on any atom is -0.121 e.